The van der Waals surface area contributed by atoms with Crippen LogP contribution in [-0.2, 0) is 0 Å². The van der Waals surface area contributed by atoms with Crippen LogP contribution in [0.15, 0.2) is 60.9 Å². The fraction of sp³-hybridized carbons (Fsp3) is 0.0952. The van der Waals surface area contributed by atoms with E-state index in [4.69, 9.17) is 20.2 Å². The highest BCUT2D eigenvalue weighted by Crippen LogP contribution is 2.37. The van der Waals surface area contributed by atoms with E-state index in [1.165, 1.54) is 6.33 Å². The van der Waals surface area contributed by atoms with Crippen molar-refractivity contribution < 1.29 is 9.47 Å². The van der Waals surface area contributed by atoms with Crippen molar-refractivity contribution in [2.75, 3.05) is 20.0 Å². The Balaban J connectivity index is 2.04. The number of ether oxygens (including phenoxy) is 2. The lowest BCUT2D eigenvalue weighted by molar-refractivity contribution is 0.415. The summed E-state index contributed by atoms with van der Waals surface area (Å²) in [5, 5.41) is 0.712. The Bertz CT molecular complexity index is 1130. The van der Waals surface area contributed by atoms with Gasteiger partial charge in [-0.05, 0) is 41.5 Å². The number of nitrogen functional groups attached to an aromatic ring is 1. The molecular formula is C21H18N4O2. The van der Waals surface area contributed by atoms with E-state index in [1.807, 2.05) is 54.6 Å². The number of methoxy groups -OCH3 is 2. The molecule has 0 amide bonds. The number of pyridine rings is 1. The molecule has 0 atom stereocenters. The Morgan fingerprint density at radius 1 is 0.852 bits per heavy atom. The van der Waals surface area contributed by atoms with E-state index in [2.05, 4.69) is 9.97 Å². The molecule has 0 spiro atoms. The Kier molecular flexibility index (Phi) is 4.30. The third kappa shape index (κ3) is 3.01. The fourth-order valence-electron chi connectivity index (χ4n) is 3.10. The maximum Gasteiger partial charge on any atom is 0.165 e. The van der Waals surface area contributed by atoms with Crippen LogP contribution in [0.3, 0.4) is 0 Å². The van der Waals surface area contributed by atoms with Gasteiger partial charge in [-0.3, -0.25) is 0 Å². The molecule has 0 aliphatic carbocycles. The SMILES string of the molecule is COc1cccc(-c2cc(-c3ccccc3OC)nc3ncnc(N)c23)c1. The smallest absolute Gasteiger partial charge is 0.165 e. The number of anilines is 1. The van der Waals surface area contributed by atoms with Crippen LogP contribution in [0.2, 0.25) is 0 Å². The molecule has 2 aromatic heterocycles. The maximum absolute atomic E-state index is 6.16. The molecule has 2 N–H and O–H groups in total. The van der Waals surface area contributed by atoms with E-state index < -0.39 is 0 Å². The first-order valence-corrected chi connectivity index (χ1v) is 8.40. The van der Waals surface area contributed by atoms with Crippen LogP contribution in [0.25, 0.3) is 33.4 Å². The number of hydrogen-bond acceptors (Lipinski definition) is 6. The minimum atomic E-state index is 0.386. The second-order valence-corrected chi connectivity index (χ2v) is 5.94. The zero-order valence-corrected chi connectivity index (χ0v) is 15.0. The van der Waals surface area contributed by atoms with Crippen molar-refractivity contribution in [3.8, 4) is 33.9 Å². The number of para-hydroxylation sites is 1. The maximum atomic E-state index is 6.16. The van der Waals surface area contributed by atoms with Crippen LogP contribution in [0.1, 0.15) is 0 Å². The largest absolute Gasteiger partial charge is 0.497 e. The van der Waals surface area contributed by atoms with Crippen LogP contribution in [0, 0.1) is 0 Å². The summed E-state index contributed by atoms with van der Waals surface area (Å²) in [6, 6.07) is 17.5. The van der Waals surface area contributed by atoms with E-state index in [9.17, 15) is 0 Å². The number of benzene rings is 2. The van der Waals surface area contributed by atoms with Gasteiger partial charge in [-0.2, -0.15) is 0 Å². The lowest BCUT2D eigenvalue weighted by atomic mass is 9.99. The van der Waals surface area contributed by atoms with E-state index in [-0.39, 0.29) is 0 Å². The van der Waals surface area contributed by atoms with E-state index in [0.29, 0.717) is 16.9 Å². The molecular weight excluding hydrogens is 340 g/mol. The quantitative estimate of drug-likeness (QED) is 0.594. The summed E-state index contributed by atoms with van der Waals surface area (Å²) < 4.78 is 10.9. The highest BCUT2D eigenvalue weighted by molar-refractivity contribution is 6.01. The number of nitrogens with zero attached hydrogens (tertiary/aromatic N) is 3. The predicted octanol–water partition coefficient (Wildman–Crippen LogP) is 3.96. The Labute approximate surface area is 156 Å². The van der Waals surface area contributed by atoms with Gasteiger partial charge in [0.05, 0.1) is 25.3 Å². The minimum Gasteiger partial charge on any atom is -0.497 e. The zero-order valence-electron chi connectivity index (χ0n) is 15.0. The third-order valence-corrected chi connectivity index (χ3v) is 4.40. The molecule has 6 heteroatoms. The van der Waals surface area contributed by atoms with Gasteiger partial charge in [0.25, 0.3) is 0 Å². The summed E-state index contributed by atoms with van der Waals surface area (Å²) >= 11 is 0. The Morgan fingerprint density at radius 2 is 1.70 bits per heavy atom. The van der Waals surface area contributed by atoms with Gasteiger partial charge in [0.15, 0.2) is 5.65 Å². The summed E-state index contributed by atoms with van der Waals surface area (Å²) in [6.45, 7) is 0. The molecule has 2 heterocycles. The van der Waals surface area contributed by atoms with Gasteiger partial charge in [-0.25, -0.2) is 15.0 Å². The van der Waals surface area contributed by atoms with Gasteiger partial charge in [0.1, 0.15) is 23.6 Å². The molecule has 0 unspecified atom stereocenters. The molecule has 2 aromatic carbocycles. The summed E-state index contributed by atoms with van der Waals surface area (Å²) in [6.07, 6.45) is 1.42. The van der Waals surface area contributed by atoms with Gasteiger partial charge in [0.2, 0.25) is 0 Å². The molecule has 0 aliphatic heterocycles. The molecule has 27 heavy (non-hydrogen) atoms. The fourth-order valence-corrected chi connectivity index (χ4v) is 3.10. The van der Waals surface area contributed by atoms with E-state index in [0.717, 1.165) is 33.9 Å². The Hall–Kier alpha value is -3.67. The van der Waals surface area contributed by atoms with E-state index in [1.54, 1.807) is 14.2 Å². The highest BCUT2D eigenvalue weighted by Gasteiger charge is 2.15. The normalized spacial score (nSPS) is 10.7. The molecule has 4 aromatic rings. The van der Waals surface area contributed by atoms with Crippen molar-refractivity contribution in [1.82, 2.24) is 15.0 Å². The summed E-state index contributed by atoms with van der Waals surface area (Å²) in [4.78, 5) is 13.2. The van der Waals surface area contributed by atoms with Crippen LogP contribution in [-0.4, -0.2) is 29.2 Å². The first-order valence-electron chi connectivity index (χ1n) is 8.40. The van der Waals surface area contributed by atoms with Gasteiger partial charge in [0, 0.05) is 5.56 Å². The predicted molar refractivity (Wildman–Crippen MR) is 106 cm³/mol. The first kappa shape index (κ1) is 16.8. The summed E-state index contributed by atoms with van der Waals surface area (Å²) in [5.41, 5.74) is 10.1. The topological polar surface area (TPSA) is 83.2 Å². The summed E-state index contributed by atoms with van der Waals surface area (Å²) in [7, 11) is 3.28. The highest BCUT2D eigenvalue weighted by atomic mass is 16.5. The molecule has 134 valence electrons. The molecule has 0 aliphatic rings. The van der Waals surface area contributed by atoms with Crippen molar-refractivity contribution >= 4 is 16.9 Å². The average molecular weight is 358 g/mol. The molecule has 0 saturated heterocycles. The molecule has 0 fully saturated rings. The van der Waals surface area contributed by atoms with Crippen LogP contribution < -0.4 is 15.2 Å². The molecule has 0 bridgehead atoms. The lowest BCUT2D eigenvalue weighted by Crippen LogP contribution is -1.99. The van der Waals surface area contributed by atoms with Crippen molar-refractivity contribution in [3.05, 3.63) is 60.9 Å². The number of aromatic nitrogens is 3. The van der Waals surface area contributed by atoms with Crippen LogP contribution in [0.4, 0.5) is 5.82 Å². The molecule has 6 nitrogen and oxygen atoms in total. The number of fused-ring (bicyclic) bond motifs is 1. The van der Waals surface area contributed by atoms with Crippen molar-refractivity contribution in [2.24, 2.45) is 0 Å². The van der Waals surface area contributed by atoms with Crippen molar-refractivity contribution in [2.45, 2.75) is 0 Å². The number of nitrogens with two attached hydrogens (primary N) is 1. The van der Waals surface area contributed by atoms with Gasteiger partial charge in [-0.1, -0.05) is 24.3 Å². The first-order chi connectivity index (χ1) is 13.2. The molecule has 0 radical (unpaired) electrons. The van der Waals surface area contributed by atoms with Gasteiger partial charge >= 0.3 is 0 Å². The van der Waals surface area contributed by atoms with Gasteiger partial charge in [-0.15, -0.1) is 0 Å². The summed E-state index contributed by atoms with van der Waals surface area (Å²) in [5.74, 6) is 1.88. The molecule has 0 saturated carbocycles. The molecule has 4 rings (SSSR count). The number of rotatable bonds is 4. The second kappa shape index (κ2) is 6.92. The van der Waals surface area contributed by atoms with Crippen molar-refractivity contribution in [3.63, 3.8) is 0 Å². The van der Waals surface area contributed by atoms with Crippen LogP contribution >= 0.6 is 0 Å². The lowest BCUT2D eigenvalue weighted by Gasteiger charge is -2.13. The second-order valence-electron chi connectivity index (χ2n) is 5.94. The van der Waals surface area contributed by atoms with Gasteiger partial charge < -0.3 is 15.2 Å². The zero-order chi connectivity index (χ0) is 18.8. The van der Waals surface area contributed by atoms with E-state index >= 15 is 0 Å². The average Bonchev–Trinajstić information content (AvgIpc) is 2.73. The minimum absolute atomic E-state index is 0.386. The third-order valence-electron chi connectivity index (χ3n) is 4.40. The van der Waals surface area contributed by atoms with Crippen molar-refractivity contribution in [1.29, 1.82) is 0 Å². The number of hydrogen-bond donors (Lipinski definition) is 1. The monoisotopic (exact) mass is 358 g/mol. The van der Waals surface area contributed by atoms with Crippen LogP contribution in [0.5, 0.6) is 11.5 Å². The Morgan fingerprint density at radius 3 is 2.52 bits per heavy atom. The standard InChI is InChI=1S/C21H18N4O2/c1-26-14-7-5-6-13(10-14)16-11-17(15-8-3-4-9-18(15)27-2)25-21-19(16)20(22)23-12-24-21/h3-12H,1-2H3,(H2,22,23,24,25).